The van der Waals surface area contributed by atoms with Gasteiger partial charge in [0.2, 0.25) is 5.88 Å². The van der Waals surface area contributed by atoms with Gasteiger partial charge in [0, 0.05) is 23.8 Å². The van der Waals surface area contributed by atoms with E-state index < -0.39 is 0 Å². The largest absolute Gasteiger partial charge is 0.491 e. The van der Waals surface area contributed by atoms with Crippen molar-refractivity contribution in [1.82, 2.24) is 4.98 Å². The van der Waals surface area contributed by atoms with E-state index in [9.17, 15) is 4.79 Å². The van der Waals surface area contributed by atoms with Crippen LogP contribution in [0.25, 0.3) is 11.1 Å². The van der Waals surface area contributed by atoms with Crippen LogP contribution in [-0.4, -0.2) is 32.4 Å². The number of benzene rings is 1. The van der Waals surface area contributed by atoms with Gasteiger partial charge < -0.3 is 14.2 Å². The smallest absolute Gasteiger partial charge is 0.254 e. The SMILES string of the molecule is COCCOc1ccccc1-c1c(OC)[nH]c(=O)c2c1CCC2. The van der Waals surface area contributed by atoms with Crippen molar-refractivity contribution in [3.63, 3.8) is 0 Å². The normalized spacial score (nSPS) is 13.0. The fraction of sp³-hybridized carbons (Fsp3) is 0.389. The molecule has 0 amide bonds. The molecule has 1 aliphatic rings. The zero-order valence-corrected chi connectivity index (χ0v) is 13.5. The van der Waals surface area contributed by atoms with Gasteiger partial charge in [-0.3, -0.25) is 9.78 Å². The standard InChI is InChI=1S/C18H21NO4/c1-21-10-11-23-15-9-4-3-6-14(15)16-12-7-5-8-13(12)17(20)19-18(16)22-2/h3-4,6,9H,5,7-8,10-11H2,1-2H3,(H,19,20). The Bertz CT molecular complexity index is 751. The van der Waals surface area contributed by atoms with Crippen LogP contribution in [0.15, 0.2) is 29.1 Å². The van der Waals surface area contributed by atoms with Gasteiger partial charge in [0.1, 0.15) is 12.4 Å². The molecule has 0 saturated heterocycles. The van der Waals surface area contributed by atoms with Crippen LogP contribution in [0.1, 0.15) is 17.5 Å². The quantitative estimate of drug-likeness (QED) is 0.832. The van der Waals surface area contributed by atoms with Crippen LogP contribution in [0, 0.1) is 0 Å². The van der Waals surface area contributed by atoms with Crippen LogP contribution < -0.4 is 15.0 Å². The predicted molar refractivity (Wildman–Crippen MR) is 88.4 cm³/mol. The highest BCUT2D eigenvalue weighted by Crippen LogP contribution is 2.40. The Morgan fingerprint density at radius 1 is 1.09 bits per heavy atom. The zero-order valence-electron chi connectivity index (χ0n) is 13.5. The Morgan fingerprint density at radius 3 is 2.65 bits per heavy atom. The monoisotopic (exact) mass is 315 g/mol. The summed E-state index contributed by atoms with van der Waals surface area (Å²) < 4.78 is 16.3. The van der Waals surface area contributed by atoms with Crippen molar-refractivity contribution in [3.8, 4) is 22.8 Å². The van der Waals surface area contributed by atoms with E-state index in [2.05, 4.69) is 4.98 Å². The van der Waals surface area contributed by atoms with Gasteiger partial charge in [-0.05, 0) is 30.9 Å². The van der Waals surface area contributed by atoms with Crippen molar-refractivity contribution < 1.29 is 14.2 Å². The maximum Gasteiger partial charge on any atom is 0.254 e. The van der Waals surface area contributed by atoms with Crippen molar-refractivity contribution in [3.05, 3.63) is 45.7 Å². The molecule has 0 saturated carbocycles. The summed E-state index contributed by atoms with van der Waals surface area (Å²) in [6.07, 6.45) is 2.69. The van der Waals surface area contributed by atoms with E-state index in [0.717, 1.165) is 47.3 Å². The summed E-state index contributed by atoms with van der Waals surface area (Å²) in [5.41, 5.74) is 3.78. The molecule has 0 unspecified atom stereocenters. The van der Waals surface area contributed by atoms with Crippen molar-refractivity contribution in [2.75, 3.05) is 27.4 Å². The van der Waals surface area contributed by atoms with Gasteiger partial charge in [-0.1, -0.05) is 18.2 Å². The fourth-order valence-electron chi connectivity index (χ4n) is 3.12. The number of fused-ring (bicyclic) bond motifs is 1. The van der Waals surface area contributed by atoms with E-state index in [1.165, 1.54) is 0 Å². The highest BCUT2D eigenvalue weighted by atomic mass is 16.5. The molecule has 2 aromatic rings. The molecule has 1 aliphatic carbocycles. The second-order valence-corrected chi connectivity index (χ2v) is 5.51. The molecule has 0 radical (unpaired) electrons. The van der Waals surface area contributed by atoms with Gasteiger partial charge in [0.25, 0.3) is 5.56 Å². The van der Waals surface area contributed by atoms with Crippen LogP contribution in [-0.2, 0) is 17.6 Å². The first-order valence-electron chi connectivity index (χ1n) is 7.79. The molecule has 122 valence electrons. The summed E-state index contributed by atoms with van der Waals surface area (Å²) in [6, 6.07) is 7.82. The molecular formula is C18H21NO4. The molecule has 0 spiro atoms. The van der Waals surface area contributed by atoms with Gasteiger partial charge in [-0.25, -0.2) is 0 Å². The number of H-pyrrole nitrogens is 1. The number of nitrogens with one attached hydrogen (secondary N) is 1. The van der Waals surface area contributed by atoms with Gasteiger partial charge in [-0.15, -0.1) is 0 Å². The lowest BCUT2D eigenvalue weighted by Crippen LogP contribution is -2.15. The molecule has 0 atom stereocenters. The Hall–Kier alpha value is -2.27. The minimum Gasteiger partial charge on any atom is -0.491 e. The highest BCUT2D eigenvalue weighted by Gasteiger charge is 2.24. The number of aromatic amines is 1. The lowest BCUT2D eigenvalue weighted by atomic mass is 9.98. The first-order chi connectivity index (χ1) is 11.3. The van der Waals surface area contributed by atoms with E-state index in [0.29, 0.717) is 19.1 Å². The van der Waals surface area contributed by atoms with E-state index in [4.69, 9.17) is 14.2 Å². The van der Waals surface area contributed by atoms with Crippen LogP contribution in [0.2, 0.25) is 0 Å². The molecule has 5 heteroatoms. The van der Waals surface area contributed by atoms with E-state index in [-0.39, 0.29) is 5.56 Å². The summed E-state index contributed by atoms with van der Waals surface area (Å²) in [5, 5.41) is 0. The first kappa shape index (κ1) is 15.6. The Labute approximate surface area is 135 Å². The summed E-state index contributed by atoms with van der Waals surface area (Å²) in [5.74, 6) is 1.27. The Morgan fingerprint density at radius 2 is 1.87 bits per heavy atom. The second-order valence-electron chi connectivity index (χ2n) is 5.51. The van der Waals surface area contributed by atoms with Gasteiger partial charge in [0.15, 0.2) is 0 Å². The van der Waals surface area contributed by atoms with Crippen LogP contribution in [0.3, 0.4) is 0 Å². The minimum atomic E-state index is -0.0455. The lowest BCUT2D eigenvalue weighted by molar-refractivity contribution is 0.146. The van der Waals surface area contributed by atoms with Crippen LogP contribution in [0.5, 0.6) is 11.6 Å². The molecule has 5 nitrogen and oxygen atoms in total. The summed E-state index contributed by atoms with van der Waals surface area (Å²) in [4.78, 5) is 15.0. The summed E-state index contributed by atoms with van der Waals surface area (Å²) in [6.45, 7) is 0.997. The van der Waals surface area contributed by atoms with Gasteiger partial charge in [0.05, 0.1) is 13.7 Å². The van der Waals surface area contributed by atoms with Gasteiger partial charge in [-0.2, -0.15) is 0 Å². The van der Waals surface area contributed by atoms with Gasteiger partial charge >= 0.3 is 0 Å². The third-order valence-corrected chi connectivity index (χ3v) is 4.15. The number of methoxy groups -OCH3 is 2. The zero-order chi connectivity index (χ0) is 16.2. The van der Waals surface area contributed by atoms with Crippen molar-refractivity contribution in [2.24, 2.45) is 0 Å². The molecule has 0 aliphatic heterocycles. The molecule has 1 heterocycles. The third-order valence-electron chi connectivity index (χ3n) is 4.15. The fourth-order valence-corrected chi connectivity index (χ4v) is 3.12. The van der Waals surface area contributed by atoms with Crippen LogP contribution >= 0.6 is 0 Å². The number of pyridine rings is 1. The third kappa shape index (κ3) is 2.97. The molecule has 3 rings (SSSR count). The predicted octanol–water partition coefficient (Wildman–Crippen LogP) is 2.56. The number of para-hydroxylation sites is 1. The summed E-state index contributed by atoms with van der Waals surface area (Å²) in [7, 11) is 3.22. The number of aromatic nitrogens is 1. The molecular weight excluding hydrogens is 294 g/mol. The highest BCUT2D eigenvalue weighted by molar-refractivity contribution is 5.78. The first-order valence-corrected chi connectivity index (χ1v) is 7.79. The topological polar surface area (TPSA) is 60.6 Å². The molecule has 1 N–H and O–H groups in total. The van der Waals surface area contributed by atoms with E-state index in [1.54, 1.807) is 14.2 Å². The number of hydrogen-bond acceptors (Lipinski definition) is 4. The van der Waals surface area contributed by atoms with Crippen LogP contribution in [0.4, 0.5) is 0 Å². The second kappa shape index (κ2) is 6.87. The lowest BCUT2D eigenvalue weighted by Gasteiger charge is -2.17. The Kier molecular flexibility index (Phi) is 4.67. The van der Waals surface area contributed by atoms with Crippen molar-refractivity contribution >= 4 is 0 Å². The average molecular weight is 315 g/mol. The molecule has 0 bridgehead atoms. The maximum atomic E-state index is 12.2. The van der Waals surface area contributed by atoms with E-state index in [1.807, 2.05) is 24.3 Å². The Balaban J connectivity index is 2.12. The maximum absolute atomic E-state index is 12.2. The van der Waals surface area contributed by atoms with Crippen molar-refractivity contribution in [1.29, 1.82) is 0 Å². The number of rotatable bonds is 6. The molecule has 23 heavy (non-hydrogen) atoms. The molecule has 1 aromatic carbocycles. The number of ether oxygens (including phenoxy) is 3. The number of hydrogen-bond donors (Lipinski definition) is 1. The van der Waals surface area contributed by atoms with E-state index >= 15 is 0 Å². The molecule has 1 aromatic heterocycles. The van der Waals surface area contributed by atoms with Crippen molar-refractivity contribution in [2.45, 2.75) is 19.3 Å². The average Bonchev–Trinajstić information content (AvgIpc) is 3.06. The summed E-state index contributed by atoms with van der Waals surface area (Å²) >= 11 is 0. The minimum absolute atomic E-state index is 0.0455. The molecule has 0 fully saturated rings.